The van der Waals surface area contributed by atoms with Crippen LogP contribution in [0.25, 0.3) is 11.0 Å². The summed E-state index contributed by atoms with van der Waals surface area (Å²) in [6.07, 6.45) is 3.59. The zero-order valence-corrected chi connectivity index (χ0v) is 21.1. The van der Waals surface area contributed by atoms with Crippen molar-refractivity contribution in [1.29, 1.82) is 0 Å². The van der Waals surface area contributed by atoms with Crippen LogP contribution in [0.4, 0.5) is 0 Å². The number of benzene rings is 3. The van der Waals surface area contributed by atoms with E-state index in [0.717, 1.165) is 54.8 Å². The van der Waals surface area contributed by atoms with E-state index in [1.165, 1.54) is 11.1 Å². The van der Waals surface area contributed by atoms with Gasteiger partial charge in [-0.3, -0.25) is 4.79 Å². The lowest BCUT2D eigenvalue weighted by Gasteiger charge is -2.11. The molecule has 1 N–H and O–H groups in total. The molecule has 0 aliphatic carbocycles. The molecule has 4 aromatic rings. The van der Waals surface area contributed by atoms with Gasteiger partial charge in [0.25, 0.3) is 5.91 Å². The number of fused-ring (bicyclic) bond motifs is 1. The van der Waals surface area contributed by atoms with Crippen LogP contribution in [0.5, 0.6) is 5.75 Å². The molecule has 35 heavy (non-hydrogen) atoms. The zero-order chi connectivity index (χ0) is 24.6. The number of unbranched alkanes of at least 4 members (excludes halogenated alkanes) is 1. The first-order valence-corrected chi connectivity index (χ1v) is 12.6. The molecule has 3 aromatic carbocycles. The first-order chi connectivity index (χ1) is 17.0. The Morgan fingerprint density at radius 3 is 2.57 bits per heavy atom. The molecule has 6 heteroatoms. The van der Waals surface area contributed by atoms with Gasteiger partial charge in [0.2, 0.25) is 0 Å². The van der Waals surface area contributed by atoms with Crippen LogP contribution in [0.15, 0.2) is 66.7 Å². The van der Waals surface area contributed by atoms with E-state index in [9.17, 15) is 4.79 Å². The molecule has 0 aliphatic heterocycles. The van der Waals surface area contributed by atoms with Gasteiger partial charge in [-0.15, -0.1) is 0 Å². The van der Waals surface area contributed by atoms with Crippen molar-refractivity contribution in [3.63, 3.8) is 0 Å². The number of hydrogen-bond donors (Lipinski definition) is 1. The van der Waals surface area contributed by atoms with Crippen LogP contribution >= 0.6 is 11.6 Å². The number of para-hydroxylation sites is 2. The molecule has 0 saturated heterocycles. The Kier molecular flexibility index (Phi) is 8.43. The summed E-state index contributed by atoms with van der Waals surface area (Å²) in [6, 6.07) is 21.4. The number of hydrogen-bond acceptors (Lipinski definition) is 3. The summed E-state index contributed by atoms with van der Waals surface area (Å²) in [5, 5.41) is 3.61. The predicted molar refractivity (Wildman–Crippen MR) is 142 cm³/mol. The van der Waals surface area contributed by atoms with E-state index < -0.39 is 0 Å². The van der Waals surface area contributed by atoms with Crippen molar-refractivity contribution in [3.05, 3.63) is 94.3 Å². The average molecular weight is 490 g/mol. The topological polar surface area (TPSA) is 56.1 Å². The van der Waals surface area contributed by atoms with E-state index in [2.05, 4.69) is 54.1 Å². The molecule has 1 amide bonds. The first kappa shape index (κ1) is 24.8. The third-order valence-electron chi connectivity index (χ3n) is 6.23. The fourth-order valence-electron chi connectivity index (χ4n) is 4.08. The average Bonchev–Trinajstić information content (AvgIpc) is 3.21. The van der Waals surface area contributed by atoms with Gasteiger partial charge in [0, 0.05) is 30.1 Å². The highest BCUT2D eigenvalue weighted by molar-refractivity contribution is 6.30. The van der Waals surface area contributed by atoms with Gasteiger partial charge in [0.15, 0.2) is 0 Å². The maximum absolute atomic E-state index is 12.3. The highest BCUT2D eigenvalue weighted by Crippen LogP contribution is 2.19. The maximum atomic E-state index is 12.3. The summed E-state index contributed by atoms with van der Waals surface area (Å²) in [7, 11) is 0. The Labute approximate surface area is 212 Å². The van der Waals surface area contributed by atoms with Crippen LogP contribution in [-0.4, -0.2) is 28.6 Å². The molecule has 0 atom stereocenters. The van der Waals surface area contributed by atoms with Gasteiger partial charge in [-0.2, -0.15) is 0 Å². The molecule has 0 unspecified atom stereocenters. The molecule has 0 bridgehead atoms. The van der Waals surface area contributed by atoms with E-state index in [1.807, 2.05) is 12.1 Å². The summed E-state index contributed by atoms with van der Waals surface area (Å²) in [4.78, 5) is 17.2. The Bertz CT molecular complexity index is 1280. The molecule has 182 valence electrons. The van der Waals surface area contributed by atoms with Crippen molar-refractivity contribution < 1.29 is 9.53 Å². The molecule has 4 rings (SSSR count). The largest absolute Gasteiger partial charge is 0.494 e. The van der Waals surface area contributed by atoms with Crippen LogP contribution in [0.1, 0.15) is 46.6 Å². The summed E-state index contributed by atoms with van der Waals surface area (Å²) in [5.41, 5.74) is 5.31. The number of aryl methyl sites for hydroxylation is 4. The van der Waals surface area contributed by atoms with E-state index >= 15 is 0 Å². The number of nitrogens with zero attached hydrogens (tertiary/aromatic N) is 2. The number of amides is 1. The number of imidazole rings is 1. The Morgan fingerprint density at radius 2 is 1.77 bits per heavy atom. The second-order valence-corrected chi connectivity index (χ2v) is 9.27. The van der Waals surface area contributed by atoms with Crippen LogP contribution in [0.3, 0.4) is 0 Å². The zero-order valence-electron chi connectivity index (χ0n) is 20.4. The highest BCUT2D eigenvalue weighted by atomic mass is 35.5. The van der Waals surface area contributed by atoms with Crippen molar-refractivity contribution in [1.82, 2.24) is 14.9 Å². The van der Waals surface area contributed by atoms with Gasteiger partial charge >= 0.3 is 0 Å². The molecule has 1 aromatic heterocycles. The number of halogens is 1. The Morgan fingerprint density at radius 1 is 0.971 bits per heavy atom. The van der Waals surface area contributed by atoms with Gasteiger partial charge in [-0.05, 0) is 92.8 Å². The lowest BCUT2D eigenvalue weighted by atomic mass is 10.1. The molecule has 0 radical (unpaired) electrons. The fraction of sp³-hybridized carbons (Fsp3) is 0.310. The monoisotopic (exact) mass is 489 g/mol. The van der Waals surface area contributed by atoms with Gasteiger partial charge in [0.05, 0.1) is 17.6 Å². The predicted octanol–water partition coefficient (Wildman–Crippen LogP) is 6.53. The van der Waals surface area contributed by atoms with Gasteiger partial charge in [0.1, 0.15) is 11.6 Å². The van der Waals surface area contributed by atoms with Gasteiger partial charge in [-0.1, -0.05) is 29.8 Å². The number of carbonyl (C=O) groups excluding carboxylic acids is 1. The van der Waals surface area contributed by atoms with E-state index in [1.54, 1.807) is 24.3 Å². The Balaban J connectivity index is 1.28. The minimum absolute atomic E-state index is 0.0843. The second-order valence-electron chi connectivity index (χ2n) is 8.84. The molecule has 0 saturated carbocycles. The normalized spacial score (nSPS) is 11.1. The molecule has 0 spiro atoms. The molecular formula is C29H32ClN3O2. The van der Waals surface area contributed by atoms with E-state index in [4.69, 9.17) is 21.3 Å². The molecule has 1 heterocycles. The minimum Gasteiger partial charge on any atom is -0.494 e. The third kappa shape index (κ3) is 6.64. The molecule has 5 nitrogen and oxygen atoms in total. The minimum atomic E-state index is -0.0843. The number of rotatable bonds is 11. The summed E-state index contributed by atoms with van der Waals surface area (Å²) < 4.78 is 8.26. The van der Waals surface area contributed by atoms with E-state index in [-0.39, 0.29) is 5.91 Å². The first-order valence-electron chi connectivity index (χ1n) is 12.2. The van der Waals surface area contributed by atoms with Crippen molar-refractivity contribution in [2.75, 3.05) is 13.2 Å². The summed E-state index contributed by atoms with van der Waals surface area (Å²) >= 11 is 5.90. The van der Waals surface area contributed by atoms with Gasteiger partial charge < -0.3 is 14.6 Å². The van der Waals surface area contributed by atoms with Crippen LogP contribution in [0.2, 0.25) is 5.02 Å². The highest BCUT2D eigenvalue weighted by Gasteiger charge is 2.11. The van der Waals surface area contributed by atoms with Gasteiger partial charge in [-0.25, -0.2) is 4.98 Å². The maximum Gasteiger partial charge on any atom is 0.251 e. The second kappa shape index (κ2) is 11.9. The molecular weight excluding hydrogens is 458 g/mol. The number of nitrogens with one attached hydrogen (secondary N) is 1. The van der Waals surface area contributed by atoms with Crippen molar-refractivity contribution >= 4 is 28.5 Å². The molecule has 0 fully saturated rings. The van der Waals surface area contributed by atoms with Crippen LogP contribution in [0, 0.1) is 13.8 Å². The van der Waals surface area contributed by atoms with Crippen molar-refractivity contribution in [2.45, 2.75) is 46.1 Å². The third-order valence-corrected chi connectivity index (χ3v) is 6.48. The lowest BCUT2D eigenvalue weighted by molar-refractivity contribution is 0.0953. The Hall–Kier alpha value is -3.31. The van der Waals surface area contributed by atoms with Crippen LogP contribution < -0.4 is 10.1 Å². The van der Waals surface area contributed by atoms with Crippen molar-refractivity contribution in [2.24, 2.45) is 0 Å². The lowest BCUT2D eigenvalue weighted by Crippen LogP contribution is -2.25. The van der Waals surface area contributed by atoms with Crippen LogP contribution in [-0.2, 0) is 13.0 Å². The number of ether oxygens (including phenoxy) is 1. The number of carbonyl (C=O) groups is 1. The fourth-order valence-corrected chi connectivity index (χ4v) is 4.21. The molecule has 0 aliphatic rings. The SMILES string of the molecule is Cc1ccc(OCCCCn2c(CCCNC(=O)c3ccc(Cl)cc3)nc3ccccc32)cc1C. The van der Waals surface area contributed by atoms with E-state index in [0.29, 0.717) is 23.7 Å². The summed E-state index contributed by atoms with van der Waals surface area (Å²) in [5.74, 6) is 1.91. The summed E-state index contributed by atoms with van der Waals surface area (Å²) in [6.45, 7) is 6.40. The quantitative estimate of drug-likeness (QED) is 0.244. The van der Waals surface area contributed by atoms with Crippen molar-refractivity contribution in [3.8, 4) is 5.75 Å². The standard InChI is InChI=1S/C29H32ClN3O2/c1-21-11-16-25(20-22(21)2)35-19-6-5-18-33-27-9-4-3-8-26(27)32-28(33)10-7-17-31-29(34)23-12-14-24(30)15-13-23/h3-4,8-9,11-16,20H,5-7,10,17-19H2,1-2H3,(H,31,34). The number of aromatic nitrogens is 2. The smallest absolute Gasteiger partial charge is 0.251 e.